The van der Waals surface area contributed by atoms with Crippen LogP contribution in [0, 0.1) is 6.92 Å². The van der Waals surface area contributed by atoms with Crippen molar-refractivity contribution in [3.8, 4) is 0 Å². The lowest BCUT2D eigenvalue weighted by molar-refractivity contribution is -0.192. The fourth-order valence-corrected chi connectivity index (χ4v) is 3.39. The monoisotopic (exact) mass is 418 g/mol. The molecule has 2 saturated heterocycles. The maximum Gasteiger partial charge on any atom is 0.490 e. The Balaban J connectivity index is 0.000000370. The van der Waals surface area contributed by atoms with E-state index in [0.717, 1.165) is 44.0 Å². The van der Waals surface area contributed by atoms with Crippen molar-refractivity contribution < 1.29 is 37.3 Å². The number of hydrogen-bond acceptors (Lipinski definition) is 5. The minimum absolute atomic E-state index is 0.114. The summed E-state index contributed by atoms with van der Waals surface area (Å²) in [5.74, 6) is -2.64. The van der Waals surface area contributed by atoms with Gasteiger partial charge in [-0.05, 0) is 18.6 Å². The maximum absolute atomic E-state index is 12.8. The van der Waals surface area contributed by atoms with Crippen LogP contribution in [-0.4, -0.2) is 91.6 Å². The van der Waals surface area contributed by atoms with Crippen LogP contribution in [0.4, 0.5) is 13.2 Å². The van der Waals surface area contributed by atoms with Crippen LogP contribution in [0.15, 0.2) is 24.3 Å². The van der Waals surface area contributed by atoms with Crippen LogP contribution < -0.4 is 0 Å². The summed E-state index contributed by atoms with van der Waals surface area (Å²) in [7, 11) is 1.72. The van der Waals surface area contributed by atoms with Gasteiger partial charge in [-0.25, -0.2) is 4.79 Å². The van der Waals surface area contributed by atoms with Gasteiger partial charge in [-0.3, -0.25) is 9.69 Å². The third-order valence-electron chi connectivity index (χ3n) is 4.90. The summed E-state index contributed by atoms with van der Waals surface area (Å²) in [5.41, 5.74) is 1.82. The summed E-state index contributed by atoms with van der Waals surface area (Å²) in [5, 5.41) is 7.12. The van der Waals surface area contributed by atoms with Gasteiger partial charge in [0.1, 0.15) is 0 Å². The number of aryl methyl sites for hydroxylation is 1. The molecule has 2 fully saturated rings. The second kappa shape index (κ2) is 10.0. The number of halogens is 3. The Morgan fingerprint density at radius 1 is 1.28 bits per heavy atom. The molecule has 1 N–H and O–H groups in total. The van der Waals surface area contributed by atoms with Crippen molar-refractivity contribution >= 4 is 11.9 Å². The fraction of sp³-hybridized carbons (Fsp3) is 0.579. The van der Waals surface area contributed by atoms with Gasteiger partial charge in [-0.1, -0.05) is 18.2 Å². The number of alkyl halides is 3. The number of benzene rings is 1. The number of ether oxygens (including phenoxy) is 2. The number of fused-ring (bicyclic) bond motifs is 1. The van der Waals surface area contributed by atoms with E-state index in [1.807, 2.05) is 36.1 Å². The molecule has 7 nitrogen and oxygen atoms in total. The Bertz CT molecular complexity index is 713. The largest absolute Gasteiger partial charge is 0.490 e. The summed E-state index contributed by atoms with van der Waals surface area (Å²) >= 11 is 0. The average Bonchev–Trinajstić information content (AvgIpc) is 3.11. The molecule has 2 atom stereocenters. The highest BCUT2D eigenvalue weighted by Crippen LogP contribution is 2.24. The highest BCUT2D eigenvalue weighted by atomic mass is 19.4. The molecule has 2 aliphatic rings. The minimum Gasteiger partial charge on any atom is -0.475 e. The number of rotatable bonds is 4. The Morgan fingerprint density at radius 3 is 2.52 bits per heavy atom. The van der Waals surface area contributed by atoms with Gasteiger partial charge in [0.15, 0.2) is 0 Å². The molecular weight excluding hydrogens is 393 g/mol. The lowest BCUT2D eigenvalue weighted by Crippen LogP contribution is -2.51. The molecule has 29 heavy (non-hydrogen) atoms. The lowest BCUT2D eigenvalue weighted by atomic mass is 10.1. The number of methoxy groups -OCH3 is 1. The standard InChI is InChI=1S/C17H24N2O3.C2HF3O2/c1-13-5-3-4-6-14(13)17(20)19-11-15-16(12-19)22-10-8-18(15)7-9-21-2;3-2(4,5)1(6)7/h3-6,15-16H,7-12H2,1-2H3;(H,6,7)/t15-,16+;/m1./s1. The number of carboxylic acids is 1. The van der Waals surface area contributed by atoms with Gasteiger partial charge in [0, 0.05) is 38.9 Å². The van der Waals surface area contributed by atoms with Crippen molar-refractivity contribution in [2.75, 3.05) is 46.5 Å². The van der Waals surface area contributed by atoms with Crippen molar-refractivity contribution in [3.05, 3.63) is 35.4 Å². The van der Waals surface area contributed by atoms with Crippen molar-refractivity contribution in [1.82, 2.24) is 9.80 Å². The molecule has 0 aromatic heterocycles. The van der Waals surface area contributed by atoms with Crippen molar-refractivity contribution in [3.63, 3.8) is 0 Å². The summed E-state index contributed by atoms with van der Waals surface area (Å²) in [6.07, 6.45) is -4.96. The zero-order valence-corrected chi connectivity index (χ0v) is 16.3. The highest BCUT2D eigenvalue weighted by Gasteiger charge is 2.42. The van der Waals surface area contributed by atoms with Crippen molar-refractivity contribution in [2.24, 2.45) is 0 Å². The number of carboxylic acid groups (broad SMARTS) is 1. The quantitative estimate of drug-likeness (QED) is 0.804. The second-order valence-electron chi connectivity index (χ2n) is 6.83. The van der Waals surface area contributed by atoms with Gasteiger partial charge in [-0.2, -0.15) is 13.2 Å². The molecule has 0 spiro atoms. The number of aliphatic carboxylic acids is 1. The van der Waals surface area contributed by atoms with Gasteiger partial charge in [0.05, 0.1) is 25.4 Å². The molecule has 10 heteroatoms. The van der Waals surface area contributed by atoms with Gasteiger partial charge in [0.25, 0.3) is 5.91 Å². The molecule has 0 unspecified atom stereocenters. The zero-order valence-electron chi connectivity index (χ0n) is 16.3. The Morgan fingerprint density at radius 2 is 1.93 bits per heavy atom. The predicted molar refractivity (Wildman–Crippen MR) is 97.8 cm³/mol. The van der Waals surface area contributed by atoms with Crippen LogP contribution in [0.2, 0.25) is 0 Å². The molecule has 0 aliphatic carbocycles. The Kier molecular flexibility index (Phi) is 8.00. The normalized spacial score (nSPS) is 21.9. The molecule has 1 aromatic carbocycles. The molecule has 2 aliphatic heterocycles. The molecule has 1 aromatic rings. The highest BCUT2D eigenvalue weighted by molar-refractivity contribution is 5.95. The molecule has 0 radical (unpaired) electrons. The minimum atomic E-state index is -5.08. The summed E-state index contributed by atoms with van der Waals surface area (Å²) < 4.78 is 42.8. The van der Waals surface area contributed by atoms with Crippen LogP contribution in [0.5, 0.6) is 0 Å². The molecule has 0 bridgehead atoms. The number of nitrogens with zero attached hydrogens (tertiary/aromatic N) is 2. The maximum atomic E-state index is 12.8. The van der Waals surface area contributed by atoms with Crippen LogP contribution in [0.1, 0.15) is 15.9 Å². The molecule has 2 heterocycles. The van der Waals surface area contributed by atoms with Crippen LogP contribution in [-0.2, 0) is 14.3 Å². The molecule has 162 valence electrons. The molecule has 0 saturated carbocycles. The number of amides is 1. The second-order valence-corrected chi connectivity index (χ2v) is 6.83. The van der Waals surface area contributed by atoms with Gasteiger partial charge >= 0.3 is 12.1 Å². The van der Waals surface area contributed by atoms with E-state index in [1.54, 1.807) is 7.11 Å². The Hall–Kier alpha value is -2.17. The van der Waals surface area contributed by atoms with E-state index in [-0.39, 0.29) is 18.1 Å². The van der Waals surface area contributed by atoms with Crippen molar-refractivity contribution in [1.29, 1.82) is 0 Å². The third-order valence-corrected chi connectivity index (χ3v) is 4.90. The topological polar surface area (TPSA) is 79.3 Å². The van der Waals surface area contributed by atoms with Crippen LogP contribution >= 0.6 is 0 Å². The number of hydrogen-bond donors (Lipinski definition) is 1. The summed E-state index contributed by atoms with van der Waals surface area (Å²) in [6.45, 7) is 6.66. The summed E-state index contributed by atoms with van der Waals surface area (Å²) in [6, 6.07) is 8.06. The molecule has 3 rings (SSSR count). The van der Waals surface area contributed by atoms with E-state index in [1.165, 1.54) is 0 Å². The Labute approximate surface area is 167 Å². The van der Waals surface area contributed by atoms with Gasteiger partial charge < -0.3 is 19.5 Å². The van der Waals surface area contributed by atoms with E-state index in [2.05, 4.69) is 4.90 Å². The smallest absolute Gasteiger partial charge is 0.475 e. The van der Waals surface area contributed by atoms with E-state index < -0.39 is 12.1 Å². The van der Waals surface area contributed by atoms with Gasteiger partial charge in [-0.15, -0.1) is 0 Å². The molecule has 1 amide bonds. The average molecular weight is 418 g/mol. The van der Waals surface area contributed by atoms with Gasteiger partial charge in [0.2, 0.25) is 0 Å². The first-order valence-corrected chi connectivity index (χ1v) is 9.14. The fourth-order valence-electron chi connectivity index (χ4n) is 3.39. The first-order chi connectivity index (χ1) is 13.6. The number of carbonyl (C=O) groups excluding carboxylic acids is 1. The predicted octanol–water partition coefficient (Wildman–Crippen LogP) is 1.80. The third kappa shape index (κ3) is 6.15. The summed E-state index contributed by atoms with van der Waals surface area (Å²) in [4.78, 5) is 26.0. The number of morpholine rings is 1. The van der Waals surface area contributed by atoms with Crippen LogP contribution in [0.25, 0.3) is 0 Å². The van der Waals surface area contributed by atoms with Crippen molar-refractivity contribution in [2.45, 2.75) is 25.2 Å². The van der Waals surface area contributed by atoms with E-state index in [4.69, 9.17) is 19.4 Å². The van der Waals surface area contributed by atoms with E-state index >= 15 is 0 Å². The number of carbonyl (C=O) groups is 2. The lowest BCUT2D eigenvalue weighted by Gasteiger charge is -2.36. The first kappa shape index (κ1) is 23.1. The van der Waals surface area contributed by atoms with E-state index in [0.29, 0.717) is 6.54 Å². The zero-order chi connectivity index (χ0) is 21.6. The first-order valence-electron chi connectivity index (χ1n) is 9.14. The SMILES string of the molecule is COCCN1CCO[C@H]2CN(C(=O)c3ccccc3C)C[C@H]21.O=C(O)C(F)(F)F. The molecular formula is C19H25F3N2O5. The van der Waals surface area contributed by atoms with E-state index in [9.17, 15) is 18.0 Å². The van der Waals surface area contributed by atoms with Crippen LogP contribution in [0.3, 0.4) is 0 Å². The number of likely N-dealkylation sites (tertiary alicyclic amines) is 1.